The Morgan fingerprint density at radius 2 is 1.94 bits per heavy atom. The lowest BCUT2D eigenvalue weighted by atomic mass is 9.96. The van der Waals surface area contributed by atoms with Gasteiger partial charge in [-0.15, -0.1) is 0 Å². The fraction of sp³-hybridized carbons (Fsp3) is 0.444. The van der Waals surface area contributed by atoms with Crippen LogP contribution in [0.1, 0.15) is 46.7 Å². The number of thiocarbonyl (C=S) groups is 1. The van der Waals surface area contributed by atoms with Gasteiger partial charge in [0.1, 0.15) is 0 Å². The SMILES string of the molecule is Cc1cc(C2C(c3ccccn3)NC(=S)N2Cc2cccnc2)c(C)n1CCCN1CCOCC1. The van der Waals surface area contributed by atoms with Gasteiger partial charge >= 0.3 is 0 Å². The molecule has 2 unspecified atom stereocenters. The van der Waals surface area contributed by atoms with Gasteiger partial charge in [0.25, 0.3) is 0 Å². The van der Waals surface area contributed by atoms with Crippen LogP contribution in [0, 0.1) is 13.8 Å². The van der Waals surface area contributed by atoms with E-state index in [1.54, 1.807) is 0 Å². The summed E-state index contributed by atoms with van der Waals surface area (Å²) in [5.74, 6) is 0. The maximum Gasteiger partial charge on any atom is 0.170 e. The summed E-state index contributed by atoms with van der Waals surface area (Å²) in [6, 6.07) is 12.6. The normalized spacial score (nSPS) is 20.9. The third-order valence-corrected chi connectivity index (χ3v) is 7.52. The van der Waals surface area contributed by atoms with Crippen LogP contribution < -0.4 is 5.32 Å². The summed E-state index contributed by atoms with van der Waals surface area (Å²) in [4.78, 5) is 13.8. The predicted octanol–water partition coefficient (Wildman–Crippen LogP) is 3.79. The Morgan fingerprint density at radius 3 is 2.69 bits per heavy atom. The second kappa shape index (κ2) is 10.8. The number of pyridine rings is 2. The summed E-state index contributed by atoms with van der Waals surface area (Å²) in [5, 5.41) is 4.33. The highest BCUT2D eigenvalue weighted by molar-refractivity contribution is 7.80. The second-order valence-electron chi connectivity index (χ2n) is 9.40. The van der Waals surface area contributed by atoms with Crippen molar-refractivity contribution in [3.8, 4) is 0 Å². The first-order valence-electron chi connectivity index (χ1n) is 12.5. The van der Waals surface area contributed by atoms with Gasteiger partial charge in [0.2, 0.25) is 0 Å². The zero-order chi connectivity index (χ0) is 24.2. The van der Waals surface area contributed by atoms with Gasteiger partial charge in [-0.1, -0.05) is 12.1 Å². The molecule has 0 aromatic carbocycles. The predicted molar refractivity (Wildman–Crippen MR) is 141 cm³/mol. The summed E-state index contributed by atoms with van der Waals surface area (Å²) in [6.45, 7) is 11.1. The minimum Gasteiger partial charge on any atom is -0.379 e. The van der Waals surface area contributed by atoms with Crippen molar-refractivity contribution in [2.24, 2.45) is 0 Å². The van der Waals surface area contributed by atoms with E-state index in [4.69, 9.17) is 17.0 Å². The molecule has 7 nitrogen and oxygen atoms in total. The molecule has 2 atom stereocenters. The number of aryl methyl sites for hydroxylation is 1. The van der Waals surface area contributed by atoms with Crippen LogP contribution in [-0.2, 0) is 17.8 Å². The van der Waals surface area contributed by atoms with Crippen LogP contribution in [0.2, 0.25) is 0 Å². The lowest BCUT2D eigenvalue weighted by Gasteiger charge is -2.28. The molecule has 8 heteroatoms. The minimum absolute atomic E-state index is 0.0114. The monoisotopic (exact) mass is 490 g/mol. The number of nitrogens with zero attached hydrogens (tertiary/aromatic N) is 5. The molecule has 0 amide bonds. The molecular formula is C27H34N6OS. The summed E-state index contributed by atoms with van der Waals surface area (Å²) in [5.41, 5.74) is 6.05. The van der Waals surface area contributed by atoms with Gasteiger partial charge in [-0.25, -0.2) is 0 Å². The van der Waals surface area contributed by atoms with Crippen molar-refractivity contribution < 1.29 is 4.74 Å². The Balaban J connectivity index is 1.42. The van der Waals surface area contributed by atoms with Crippen molar-refractivity contribution in [3.05, 3.63) is 83.2 Å². The molecule has 184 valence electrons. The first-order chi connectivity index (χ1) is 17.1. The Morgan fingerprint density at radius 1 is 1.09 bits per heavy atom. The maximum absolute atomic E-state index is 5.86. The van der Waals surface area contributed by atoms with Gasteiger partial charge in [0.05, 0.1) is 31.0 Å². The topological polar surface area (TPSA) is 58.5 Å². The van der Waals surface area contributed by atoms with Crippen LogP contribution in [0.5, 0.6) is 0 Å². The van der Waals surface area contributed by atoms with E-state index < -0.39 is 0 Å². The number of nitrogens with one attached hydrogen (secondary N) is 1. The second-order valence-corrected chi connectivity index (χ2v) is 9.79. The molecule has 2 saturated heterocycles. The van der Waals surface area contributed by atoms with Crippen LogP contribution in [0.25, 0.3) is 0 Å². The molecule has 1 N–H and O–H groups in total. The molecule has 0 bridgehead atoms. The van der Waals surface area contributed by atoms with E-state index in [1.807, 2.05) is 36.8 Å². The third kappa shape index (κ3) is 5.24. The van der Waals surface area contributed by atoms with Crippen molar-refractivity contribution in [2.45, 2.75) is 45.4 Å². The van der Waals surface area contributed by atoms with E-state index in [0.717, 1.165) is 62.2 Å². The third-order valence-electron chi connectivity index (χ3n) is 7.16. The lowest BCUT2D eigenvalue weighted by Crippen LogP contribution is -2.37. The summed E-state index contributed by atoms with van der Waals surface area (Å²) in [7, 11) is 0. The summed E-state index contributed by atoms with van der Waals surface area (Å²) in [6.07, 6.45) is 6.71. The maximum atomic E-state index is 5.86. The van der Waals surface area contributed by atoms with Crippen molar-refractivity contribution in [1.29, 1.82) is 0 Å². The van der Waals surface area contributed by atoms with Crippen LogP contribution in [0.3, 0.4) is 0 Å². The Kier molecular flexibility index (Phi) is 7.41. The van der Waals surface area contributed by atoms with Crippen molar-refractivity contribution in [3.63, 3.8) is 0 Å². The fourth-order valence-corrected chi connectivity index (χ4v) is 5.66. The Bertz CT molecular complexity index is 1130. The van der Waals surface area contributed by atoms with E-state index >= 15 is 0 Å². The molecular weight excluding hydrogens is 456 g/mol. The van der Waals surface area contributed by atoms with Gasteiger partial charge in [-0.2, -0.15) is 0 Å². The van der Waals surface area contributed by atoms with Gasteiger partial charge in [0, 0.05) is 62.7 Å². The number of aromatic nitrogens is 3. The van der Waals surface area contributed by atoms with Gasteiger partial charge < -0.3 is 19.5 Å². The zero-order valence-corrected chi connectivity index (χ0v) is 21.4. The van der Waals surface area contributed by atoms with Gasteiger partial charge in [-0.3, -0.25) is 14.9 Å². The highest BCUT2D eigenvalue weighted by Crippen LogP contribution is 2.41. The molecule has 2 aliphatic heterocycles. The quantitative estimate of drug-likeness (QED) is 0.482. The standard InChI is InChI=1S/C27H34N6OS/c1-20-17-23(21(2)32(20)12-6-11-31-13-15-34-16-14-31)26-25(24-8-3-4-10-29-24)30-27(35)33(26)19-22-7-5-9-28-18-22/h3-5,7-10,17-18,25-26H,6,11-16,19H2,1-2H3,(H,30,35). The van der Waals surface area contributed by atoms with Crippen molar-refractivity contribution in [1.82, 2.24) is 29.7 Å². The first-order valence-corrected chi connectivity index (χ1v) is 12.9. The van der Waals surface area contributed by atoms with Crippen LogP contribution >= 0.6 is 12.2 Å². The van der Waals surface area contributed by atoms with E-state index in [0.29, 0.717) is 6.54 Å². The van der Waals surface area contributed by atoms with E-state index in [1.165, 1.54) is 17.0 Å². The average Bonchev–Trinajstić information content (AvgIpc) is 3.36. The van der Waals surface area contributed by atoms with E-state index in [-0.39, 0.29) is 12.1 Å². The highest BCUT2D eigenvalue weighted by atomic mass is 32.1. The van der Waals surface area contributed by atoms with E-state index in [2.05, 4.69) is 61.7 Å². The molecule has 0 saturated carbocycles. The van der Waals surface area contributed by atoms with Crippen LogP contribution in [0.15, 0.2) is 55.0 Å². The molecule has 5 rings (SSSR count). The largest absolute Gasteiger partial charge is 0.379 e. The number of hydrogen-bond acceptors (Lipinski definition) is 5. The minimum atomic E-state index is -0.0114. The van der Waals surface area contributed by atoms with E-state index in [9.17, 15) is 0 Å². The number of morpholine rings is 1. The number of ether oxygens (including phenoxy) is 1. The van der Waals surface area contributed by atoms with Gasteiger partial charge in [0.15, 0.2) is 5.11 Å². The lowest BCUT2D eigenvalue weighted by molar-refractivity contribution is 0.0369. The molecule has 2 fully saturated rings. The Labute approximate surface area is 213 Å². The molecule has 0 radical (unpaired) electrons. The van der Waals surface area contributed by atoms with Crippen LogP contribution in [-0.4, -0.2) is 62.3 Å². The Hall–Kier alpha value is -2.81. The van der Waals surface area contributed by atoms with Crippen molar-refractivity contribution >= 4 is 17.3 Å². The molecule has 3 aromatic heterocycles. The zero-order valence-electron chi connectivity index (χ0n) is 20.6. The van der Waals surface area contributed by atoms with Gasteiger partial charge in [-0.05, 0) is 67.9 Å². The molecule has 35 heavy (non-hydrogen) atoms. The molecule has 0 aliphatic carbocycles. The number of rotatable bonds is 8. The molecule has 3 aromatic rings. The van der Waals surface area contributed by atoms with Crippen LogP contribution in [0.4, 0.5) is 0 Å². The number of hydrogen-bond donors (Lipinski definition) is 1. The first kappa shape index (κ1) is 23.9. The summed E-state index contributed by atoms with van der Waals surface area (Å²) >= 11 is 5.86. The smallest absolute Gasteiger partial charge is 0.170 e. The van der Waals surface area contributed by atoms with Crippen molar-refractivity contribution in [2.75, 3.05) is 32.8 Å². The average molecular weight is 491 g/mol. The molecule has 0 spiro atoms. The fourth-order valence-electron chi connectivity index (χ4n) is 5.35. The summed E-state index contributed by atoms with van der Waals surface area (Å²) < 4.78 is 7.96. The molecule has 5 heterocycles. The molecule has 2 aliphatic rings. The highest BCUT2D eigenvalue weighted by Gasteiger charge is 2.41.